The van der Waals surface area contributed by atoms with Gasteiger partial charge in [-0.15, -0.1) is 24.0 Å². The van der Waals surface area contributed by atoms with Crippen LogP contribution in [0.2, 0.25) is 0 Å². The molecule has 152 valence electrons. The Morgan fingerprint density at radius 1 is 1.29 bits per heavy atom. The van der Waals surface area contributed by atoms with Gasteiger partial charge in [0.05, 0.1) is 25.0 Å². The Morgan fingerprint density at radius 2 is 2.14 bits per heavy atom. The van der Waals surface area contributed by atoms with Gasteiger partial charge in [0.25, 0.3) is 0 Å². The van der Waals surface area contributed by atoms with Crippen molar-refractivity contribution in [1.82, 2.24) is 30.1 Å². The fraction of sp³-hybridized carbons (Fsp3) is 0.579. The van der Waals surface area contributed by atoms with Crippen molar-refractivity contribution in [2.45, 2.75) is 38.3 Å². The third-order valence-electron chi connectivity index (χ3n) is 5.73. The zero-order valence-corrected chi connectivity index (χ0v) is 18.7. The van der Waals surface area contributed by atoms with Crippen molar-refractivity contribution in [3.63, 3.8) is 0 Å². The highest BCUT2D eigenvalue weighted by Gasteiger charge is 2.39. The summed E-state index contributed by atoms with van der Waals surface area (Å²) in [6, 6.07) is 4.24. The fourth-order valence-electron chi connectivity index (χ4n) is 4.23. The normalized spacial score (nSPS) is 23.5. The number of fused-ring (bicyclic) bond motifs is 3. The van der Waals surface area contributed by atoms with E-state index in [0.29, 0.717) is 18.5 Å². The average Bonchev–Trinajstić information content (AvgIpc) is 3.39. The number of amides is 1. The van der Waals surface area contributed by atoms with Crippen LogP contribution in [0.15, 0.2) is 29.5 Å². The number of halogens is 1. The minimum absolute atomic E-state index is 0. The van der Waals surface area contributed by atoms with Crippen LogP contribution in [0, 0.1) is 11.8 Å². The second kappa shape index (κ2) is 9.06. The number of aromatic nitrogens is 3. The molecule has 2 aliphatic carbocycles. The van der Waals surface area contributed by atoms with E-state index in [0.717, 1.165) is 23.2 Å². The third-order valence-corrected chi connectivity index (χ3v) is 5.73. The van der Waals surface area contributed by atoms with Gasteiger partial charge >= 0.3 is 0 Å². The maximum absolute atomic E-state index is 12.0. The van der Waals surface area contributed by atoms with Gasteiger partial charge in [-0.2, -0.15) is 5.10 Å². The number of carbonyl (C=O) groups excluding carboxylic acids is 1. The van der Waals surface area contributed by atoms with Crippen molar-refractivity contribution in [1.29, 1.82) is 0 Å². The summed E-state index contributed by atoms with van der Waals surface area (Å²) in [5.41, 5.74) is 1.76. The number of hydrogen-bond donors (Lipinski definition) is 2. The molecule has 3 unspecified atom stereocenters. The molecule has 3 atom stereocenters. The van der Waals surface area contributed by atoms with E-state index >= 15 is 0 Å². The van der Waals surface area contributed by atoms with Crippen LogP contribution in [-0.2, 0) is 11.3 Å². The number of rotatable bonds is 5. The molecular weight excluding hydrogens is 469 g/mol. The molecule has 4 rings (SSSR count). The van der Waals surface area contributed by atoms with E-state index in [-0.39, 0.29) is 36.4 Å². The van der Waals surface area contributed by atoms with Crippen LogP contribution in [0.3, 0.4) is 0 Å². The number of guanidine groups is 1. The van der Waals surface area contributed by atoms with Crippen molar-refractivity contribution in [3.8, 4) is 0 Å². The summed E-state index contributed by atoms with van der Waals surface area (Å²) < 4.78 is 1.80. The lowest BCUT2D eigenvalue weighted by Gasteiger charge is -2.25. The summed E-state index contributed by atoms with van der Waals surface area (Å²) in [5, 5.41) is 11.1. The number of nitrogens with zero attached hydrogens (tertiary/aromatic N) is 5. The van der Waals surface area contributed by atoms with Crippen LogP contribution in [0.5, 0.6) is 0 Å². The van der Waals surface area contributed by atoms with Gasteiger partial charge in [0, 0.05) is 32.4 Å². The van der Waals surface area contributed by atoms with Crippen LogP contribution in [0.25, 0.3) is 5.65 Å². The Balaban J connectivity index is 0.00000225. The standard InChI is InChI=1S/C19H27N7O.HI/c1-25(2)18(27)12-22-19(24-16-10-13-3-4-14(16)9-13)21-11-15-5-7-20-17-6-8-23-26(15)17;/h5-8,13-14,16H,3-4,9-12H2,1-2H3,(H2,21,22,24);1H. The molecule has 1 amide bonds. The highest BCUT2D eigenvalue weighted by atomic mass is 127. The van der Waals surface area contributed by atoms with Gasteiger partial charge in [0.2, 0.25) is 5.91 Å². The minimum Gasteiger partial charge on any atom is -0.353 e. The number of aliphatic imine (C=N–C) groups is 1. The summed E-state index contributed by atoms with van der Waals surface area (Å²) >= 11 is 0. The lowest BCUT2D eigenvalue weighted by Crippen LogP contribution is -2.48. The molecule has 2 bridgehead atoms. The van der Waals surface area contributed by atoms with Crippen molar-refractivity contribution < 1.29 is 4.79 Å². The molecule has 2 aromatic rings. The number of likely N-dealkylation sites (N-methyl/N-ethyl adjacent to an activating group) is 1. The fourth-order valence-corrected chi connectivity index (χ4v) is 4.23. The quantitative estimate of drug-likeness (QED) is 0.373. The molecule has 2 saturated carbocycles. The Hall–Kier alpha value is -1.91. The molecule has 2 fully saturated rings. The van der Waals surface area contributed by atoms with Crippen LogP contribution < -0.4 is 10.6 Å². The van der Waals surface area contributed by atoms with Crippen molar-refractivity contribution in [2.75, 3.05) is 20.6 Å². The largest absolute Gasteiger partial charge is 0.353 e. The first-order chi connectivity index (χ1) is 13.1. The Labute approximate surface area is 182 Å². The van der Waals surface area contributed by atoms with Crippen molar-refractivity contribution >= 4 is 41.5 Å². The summed E-state index contributed by atoms with van der Waals surface area (Å²) in [5.74, 6) is 2.29. The van der Waals surface area contributed by atoms with Crippen molar-refractivity contribution in [2.24, 2.45) is 16.8 Å². The van der Waals surface area contributed by atoms with Gasteiger partial charge in [-0.25, -0.2) is 14.5 Å². The predicted molar refractivity (Wildman–Crippen MR) is 119 cm³/mol. The van der Waals surface area contributed by atoms with Crippen LogP contribution in [0.1, 0.15) is 31.4 Å². The highest BCUT2D eigenvalue weighted by molar-refractivity contribution is 14.0. The molecule has 2 N–H and O–H groups in total. The second-order valence-corrected chi connectivity index (χ2v) is 7.77. The first-order valence-electron chi connectivity index (χ1n) is 9.63. The van der Waals surface area contributed by atoms with Crippen LogP contribution >= 0.6 is 24.0 Å². The topological polar surface area (TPSA) is 86.9 Å². The average molecular weight is 497 g/mol. The summed E-state index contributed by atoms with van der Waals surface area (Å²) in [4.78, 5) is 22.6. The summed E-state index contributed by atoms with van der Waals surface area (Å²) in [6.07, 6.45) is 8.68. The van der Waals surface area contributed by atoms with E-state index < -0.39 is 0 Å². The molecule has 0 aliphatic heterocycles. The third kappa shape index (κ3) is 4.56. The minimum atomic E-state index is 0. The van der Waals surface area contributed by atoms with E-state index in [4.69, 9.17) is 4.99 Å². The lowest BCUT2D eigenvalue weighted by molar-refractivity contribution is -0.127. The van der Waals surface area contributed by atoms with E-state index in [1.807, 2.05) is 12.1 Å². The van der Waals surface area contributed by atoms with E-state index in [9.17, 15) is 4.79 Å². The Morgan fingerprint density at radius 3 is 2.86 bits per heavy atom. The first-order valence-corrected chi connectivity index (χ1v) is 9.63. The van der Waals surface area contributed by atoms with Gasteiger partial charge in [-0.05, 0) is 37.2 Å². The molecule has 2 aliphatic rings. The monoisotopic (exact) mass is 497 g/mol. The van der Waals surface area contributed by atoms with Gasteiger partial charge in [-0.3, -0.25) is 4.79 Å². The Bertz CT molecular complexity index is 850. The number of nitrogens with one attached hydrogen (secondary N) is 2. The maximum atomic E-state index is 12.0. The SMILES string of the molecule is CN(C)C(=O)CNC(=NCc1ccnc2ccnn12)NC1CC2CCC1C2.I. The highest BCUT2D eigenvalue weighted by Crippen LogP contribution is 2.44. The molecule has 2 aromatic heterocycles. The molecule has 0 spiro atoms. The predicted octanol–water partition coefficient (Wildman–Crippen LogP) is 1.66. The Kier molecular flexibility index (Phi) is 6.73. The molecular formula is C19H28IN7O. The van der Waals surface area contributed by atoms with E-state index in [2.05, 4.69) is 20.7 Å². The van der Waals surface area contributed by atoms with Crippen molar-refractivity contribution in [3.05, 3.63) is 30.2 Å². The first kappa shape index (κ1) is 20.8. The van der Waals surface area contributed by atoms with Gasteiger partial charge in [0.15, 0.2) is 11.6 Å². The van der Waals surface area contributed by atoms with E-state index in [1.54, 1.807) is 35.9 Å². The van der Waals surface area contributed by atoms with Gasteiger partial charge in [0.1, 0.15) is 0 Å². The molecule has 8 nitrogen and oxygen atoms in total. The number of hydrogen-bond acceptors (Lipinski definition) is 4. The van der Waals surface area contributed by atoms with Gasteiger partial charge in [-0.1, -0.05) is 6.42 Å². The summed E-state index contributed by atoms with van der Waals surface area (Å²) in [6.45, 7) is 0.695. The van der Waals surface area contributed by atoms with Crippen LogP contribution in [-0.4, -0.2) is 58.0 Å². The second-order valence-electron chi connectivity index (χ2n) is 7.77. The van der Waals surface area contributed by atoms with E-state index in [1.165, 1.54) is 25.7 Å². The van der Waals surface area contributed by atoms with Crippen LogP contribution in [0.4, 0.5) is 0 Å². The molecule has 2 heterocycles. The molecule has 0 radical (unpaired) electrons. The molecule has 9 heteroatoms. The summed E-state index contributed by atoms with van der Waals surface area (Å²) in [7, 11) is 3.52. The molecule has 0 aromatic carbocycles. The van der Waals surface area contributed by atoms with Gasteiger partial charge < -0.3 is 15.5 Å². The number of carbonyl (C=O) groups is 1. The zero-order chi connectivity index (χ0) is 18.8. The zero-order valence-electron chi connectivity index (χ0n) is 16.3. The molecule has 28 heavy (non-hydrogen) atoms. The maximum Gasteiger partial charge on any atom is 0.241 e. The molecule has 0 saturated heterocycles. The lowest BCUT2D eigenvalue weighted by atomic mass is 9.95. The smallest absolute Gasteiger partial charge is 0.241 e.